The number of carbonyl (C=O) groups is 1. The number of aryl methyl sites for hydroxylation is 1. The molecule has 1 aromatic rings. The Hall–Kier alpha value is -1.63. The summed E-state index contributed by atoms with van der Waals surface area (Å²) in [5.74, 6) is 0.927. The van der Waals surface area contributed by atoms with Crippen LogP contribution in [-0.2, 0) is 13.1 Å². The molecule has 7 nitrogen and oxygen atoms in total. The molecule has 2 N–H and O–H groups in total. The van der Waals surface area contributed by atoms with Gasteiger partial charge < -0.3 is 15.5 Å². The number of hydrogen-bond acceptors (Lipinski definition) is 4. The van der Waals surface area contributed by atoms with Gasteiger partial charge in [0.2, 0.25) is 0 Å². The minimum Gasteiger partial charge on any atom is -0.337 e. The summed E-state index contributed by atoms with van der Waals surface area (Å²) >= 11 is 0. The average molecular weight is 254 g/mol. The van der Waals surface area contributed by atoms with E-state index in [1.807, 2.05) is 4.68 Å². The summed E-state index contributed by atoms with van der Waals surface area (Å²) in [7, 11) is 3.44. The van der Waals surface area contributed by atoms with Gasteiger partial charge in [-0.3, -0.25) is 0 Å². The highest BCUT2D eigenvalue weighted by Gasteiger charge is 2.03. The highest BCUT2D eigenvalue weighted by molar-refractivity contribution is 5.73. The molecule has 0 aliphatic rings. The van der Waals surface area contributed by atoms with Crippen LogP contribution < -0.4 is 10.6 Å². The predicted octanol–water partition coefficient (Wildman–Crippen LogP) is 0.0489. The van der Waals surface area contributed by atoms with Crippen molar-refractivity contribution >= 4 is 6.03 Å². The molecule has 0 atom stereocenters. The average Bonchev–Trinajstić information content (AvgIpc) is 2.76. The summed E-state index contributed by atoms with van der Waals surface area (Å²) in [5.41, 5.74) is 0. The van der Waals surface area contributed by atoms with Crippen LogP contribution in [0.25, 0.3) is 0 Å². The fraction of sp³-hybridized carbons (Fsp3) is 0.727. The van der Waals surface area contributed by atoms with E-state index in [4.69, 9.17) is 0 Å². The molecule has 1 rings (SSSR count). The van der Waals surface area contributed by atoms with E-state index in [0.717, 1.165) is 18.8 Å². The first-order valence-corrected chi connectivity index (χ1v) is 6.17. The Morgan fingerprint density at radius 1 is 1.44 bits per heavy atom. The fourth-order valence-corrected chi connectivity index (χ4v) is 1.44. The Bertz CT molecular complexity index is 362. The highest BCUT2D eigenvalue weighted by atomic mass is 16.2. The summed E-state index contributed by atoms with van der Waals surface area (Å²) in [6.07, 6.45) is 2.61. The van der Waals surface area contributed by atoms with Crippen molar-refractivity contribution in [2.45, 2.75) is 26.4 Å². The monoisotopic (exact) mass is 254 g/mol. The van der Waals surface area contributed by atoms with Gasteiger partial charge in [-0.2, -0.15) is 5.10 Å². The van der Waals surface area contributed by atoms with Gasteiger partial charge in [0.05, 0.1) is 6.54 Å². The standard InChI is InChI=1S/C11H22N6O/c1-4-7-17-10(14-9-15-17)8-12-5-6-13-11(18)16(2)3/h9,12H,4-8H2,1-3H3,(H,13,18). The molecule has 0 bridgehead atoms. The van der Waals surface area contributed by atoms with Gasteiger partial charge in [0, 0.05) is 33.7 Å². The van der Waals surface area contributed by atoms with Crippen LogP contribution >= 0.6 is 0 Å². The Morgan fingerprint density at radius 3 is 2.89 bits per heavy atom. The van der Waals surface area contributed by atoms with Crippen LogP contribution in [0.15, 0.2) is 6.33 Å². The summed E-state index contributed by atoms with van der Waals surface area (Å²) in [4.78, 5) is 16.9. The third-order valence-electron chi connectivity index (χ3n) is 2.40. The topological polar surface area (TPSA) is 75.1 Å². The lowest BCUT2D eigenvalue weighted by molar-refractivity contribution is 0.217. The molecule has 2 amide bonds. The molecular formula is C11H22N6O. The molecule has 0 aromatic carbocycles. The van der Waals surface area contributed by atoms with Gasteiger partial charge in [-0.15, -0.1) is 0 Å². The first kappa shape index (κ1) is 14.4. The molecule has 0 spiro atoms. The maximum atomic E-state index is 11.2. The fourth-order valence-electron chi connectivity index (χ4n) is 1.44. The van der Waals surface area contributed by atoms with Gasteiger partial charge >= 0.3 is 6.03 Å². The second-order valence-corrected chi connectivity index (χ2v) is 4.20. The van der Waals surface area contributed by atoms with Crippen molar-refractivity contribution in [1.29, 1.82) is 0 Å². The number of rotatable bonds is 7. The molecule has 0 saturated heterocycles. The number of nitrogens with zero attached hydrogens (tertiary/aromatic N) is 4. The Labute approximate surface area is 108 Å². The van der Waals surface area contributed by atoms with Gasteiger partial charge in [-0.1, -0.05) is 6.92 Å². The summed E-state index contributed by atoms with van der Waals surface area (Å²) < 4.78 is 1.89. The van der Waals surface area contributed by atoms with Crippen LogP contribution in [0.3, 0.4) is 0 Å². The van der Waals surface area contributed by atoms with E-state index >= 15 is 0 Å². The van der Waals surface area contributed by atoms with Crippen molar-refractivity contribution in [3.8, 4) is 0 Å². The molecule has 7 heteroatoms. The number of hydrogen-bond donors (Lipinski definition) is 2. The van der Waals surface area contributed by atoms with E-state index in [1.165, 1.54) is 4.90 Å². The normalized spacial score (nSPS) is 10.4. The minimum absolute atomic E-state index is 0.0778. The van der Waals surface area contributed by atoms with Crippen LogP contribution in [0, 0.1) is 0 Å². The Kier molecular flexibility index (Phi) is 6.13. The first-order valence-electron chi connectivity index (χ1n) is 6.17. The van der Waals surface area contributed by atoms with E-state index in [2.05, 4.69) is 27.6 Å². The van der Waals surface area contributed by atoms with Gasteiger partial charge in [0.25, 0.3) is 0 Å². The predicted molar refractivity (Wildman–Crippen MR) is 69.1 cm³/mol. The highest BCUT2D eigenvalue weighted by Crippen LogP contribution is 1.94. The lowest BCUT2D eigenvalue weighted by Gasteiger charge is -2.12. The van der Waals surface area contributed by atoms with E-state index in [9.17, 15) is 4.79 Å². The van der Waals surface area contributed by atoms with Crippen molar-refractivity contribution in [3.05, 3.63) is 12.2 Å². The van der Waals surface area contributed by atoms with Crippen LogP contribution in [-0.4, -0.2) is 52.9 Å². The summed E-state index contributed by atoms with van der Waals surface area (Å²) in [5, 5.41) is 10.2. The maximum Gasteiger partial charge on any atom is 0.316 e. The van der Waals surface area contributed by atoms with Gasteiger partial charge in [0.1, 0.15) is 12.2 Å². The molecule has 102 valence electrons. The minimum atomic E-state index is -0.0778. The molecule has 0 saturated carbocycles. The number of urea groups is 1. The molecule has 0 radical (unpaired) electrons. The summed E-state index contributed by atoms with van der Waals surface area (Å²) in [6, 6.07) is -0.0778. The van der Waals surface area contributed by atoms with E-state index in [-0.39, 0.29) is 6.03 Å². The second kappa shape index (κ2) is 7.65. The molecular weight excluding hydrogens is 232 g/mol. The third-order valence-corrected chi connectivity index (χ3v) is 2.40. The van der Waals surface area contributed by atoms with Crippen molar-refractivity contribution in [1.82, 2.24) is 30.3 Å². The second-order valence-electron chi connectivity index (χ2n) is 4.20. The Morgan fingerprint density at radius 2 is 2.22 bits per heavy atom. The molecule has 18 heavy (non-hydrogen) atoms. The zero-order chi connectivity index (χ0) is 13.4. The lowest BCUT2D eigenvalue weighted by Crippen LogP contribution is -2.38. The molecule has 0 aliphatic heterocycles. The van der Waals surface area contributed by atoms with E-state index in [0.29, 0.717) is 19.6 Å². The molecule has 1 aromatic heterocycles. The summed E-state index contributed by atoms with van der Waals surface area (Å²) in [6.45, 7) is 4.96. The molecule has 1 heterocycles. The largest absolute Gasteiger partial charge is 0.337 e. The Balaban J connectivity index is 2.17. The van der Waals surface area contributed by atoms with Gasteiger partial charge in [0.15, 0.2) is 0 Å². The van der Waals surface area contributed by atoms with Crippen molar-refractivity contribution in [2.24, 2.45) is 0 Å². The van der Waals surface area contributed by atoms with Crippen LogP contribution in [0.4, 0.5) is 4.79 Å². The maximum absolute atomic E-state index is 11.2. The van der Waals surface area contributed by atoms with Crippen molar-refractivity contribution in [2.75, 3.05) is 27.2 Å². The van der Waals surface area contributed by atoms with Crippen LogP contribution in [0.1, 0.15) is 19.2 Å². The number of aromatic nitrogens is 3. The van der Waals surface area contributed by atoms with Crippen LogP contribution in [0.2, 0.25) is 0 Å². The molecule has 0 aliphatic carbocycles. The first-order chi connectivity index (χ1) is 8.65. The SMILES string of the molecule is CCCn1ncnc1CNCCNC(=O)N(C)C. The number of amides is 2. The van der Waals surface area contributed by atoms with Gasteiger partial charge in [-0.05, 0) is 6.42 Å². The lowest BCUT2D eigenvalue weighted by atomic mass is 10.4. The van der Waals surface area contributed by atoms with Crippen molar-refractivity contribution in [3.63, 3.8) is 0 Å². The quantitative estimate of drug-likeness (QED) is 0.674. The van der Waals surface area contributed by atoms with E-state index < -0.39 is 0 Å². The van der Waals surface area contributed by atoms with Crippen molar-refractivity contribution < 1.29 is 4.79 Å². The number of carbonyl (C=O) groups excluding carboxylic acids is 1. The zero-order valence-electron chi connectivity index (χ0n) is 11.3. The smallest absolute Gasteiger partial charge is 0.316 e. The van der Waals surface area contributed by atoms with Crippen LogP contribution in [0.5, 0.6) is 0 Å². The van der Waals surface area contributed by atoms with E-state index in [1.54, 1.807) is 20.4 Å². The molecule has 0 unspecified atom stereocenters. The number of nitrogens with one attached hydrogen (secondary N) is 2. The zero-order valence-corrected chi connectivity index (χ0v) is 11.3. The molecule has 0 fully saturated rings. The third kappa shape index (κ3) is 4.70. The van der Waals surface area contributed by atoms with Gasteiger partial charge in [-0.25, -0.2) is 14.5 Å².